The predicted octanol–water partition coefficient (Wildman–Crippen LogP) is 7.01. The van der Waals surface area contributed by atoms with Gasteiger partial charge in [0.05, 0.1) is 12.5 Å². The zero-order valence-corrected chi connectivity index (χ0v) is 25.4. The summed E-state index contributed by atoms with van der Waals surface area (Å²) in [5.74, 6) is 1.64. The van der Waals surface area contributed by atoms with E-state index in [0.29, 0.717) is 35.9 Å². The Morgan fingerprint density at radius 3 is 2.16 bits per heavy atom. The highest BCUT2D eigenvalue weighted by atomic mass is 16.5. The summed E-state index contributed by atoms with van der Waals surface area (Å²) in [6.45, 7) is 18.1. The average Bonchev–Trinajstić information content (AvgIpc) is 2.84. The summed E-state index contributed by atoms with van der Waals surface area (Å²) in [6, 6.07) is 0. The first-order chi connectivity index (χ1) is 17.6. The molecule has 5 aliphatic carbocycles. The number of esters is 2. The number of Topliss-reactive ketones (excluding diaryl/α,β-unsaturated/α-hetero) is 1. The normalized spacial score (nSPS) is 51.5. The van der Waals surface area contributed by atoms with Gasteiger partial charge in [-0.2, -0.15) is 0 Å². The van der Waals surface area contributed by atoms with Crippen LogP contribution in [0.5, 0.6) is 0 Å². The van der Waals surface area contributed by atoms with Crippen LogP contribution in [0.4, 0.5) is 0 Å². The van der Waals surface area contributed by atoms with Crippen LogP contribution in [0.15, 0.2) is 0 Å². The van der Waals surface area contributed by atoms with Crippen molar-refractivity contribution in [2.45, 2.75) is 119 Å². The average molecular weight is 529 g/mol. The van der Waals surface area contributed by atoms with Crippen molar-refractivity contribution in [2.24, 2.45) is 62.6 Å². The Hall–Kier alpha value is -1.39. The van der Waals surface area contributed by atoms with E-state index in [1.165, 1.54) is 14.0 Å². The molecule has 0 heterocycles. The molecule has 5 heteroatoms. The fourth-order valence-corrected chi connectivity index (χ4v) is 11.9. The van der Waals surface area contributed by atoms with Crippen LogP contribution in [-0.4, -0.2) is 30.9 Å². The van der Waals surface area contributed by atoms with Crippen LogP contribution >= 0.6 is 0 Å². The Morgan fingerprint density at radius 1 is 0.842 bits per heavy atom. The molecular formula is C33H52O5. The molecule has 5 aliphatic rings. The molecule has 0 radical (unpaired) electrons. The molecule has 0 aromatic carbocycles. The summed E-state index contributed by atoms with van der Waals surface area (Å²) in [6.07, 6.45) is 8.24. The van der Waals surface area contributed by atoms with Crippen LogP contribution in [0.25, 0.3) is 0 Å². The van der Waals surface area contributed by atoms with Crippen molar-refractivity contribution < 1.29 is 23.9 Å². The molecule has 0 amide bonds. The largest absolute Gasteiger partial charge is 0.469 e. The monoisotopic (exact) mass is 528 g/mol. The van der Waals surface area contributed by atoms with Gasteiger partial charge in [-0.3, -0.25) is 14.4 Å². The SMILES string of the molecule is COC(=O)[C@@]12CC[C@@H](C)[C@@H](C)[C@H]1[C@H]1C(=O)C[C@H]3[C@@]4(C)CC[C@H](OC(C)=O)C(C)(C)[C@@H]4CC[C@]3(C)[C@]1(C)CC2. The molecule has 0 N–H and O–H groups in total. The Morgan fingerprint density at radius 2 is 1.53 bits per heavy atom. The van der Waals surface area contributed by atoms with Crippen LogP contribution in [0.2, 0.25) is 0 Å². The number of hydrogen-bond acceptors (Lipinski definition) is 5. The van der Waals surface area contributed by atoms with E-state index >= 15 is 0 Å². The van der Waals surface area contributed by atoms with Gasteiger partial charge >= 0.3 is 11.9 Å². The molecule has 0 unspecified atom stereocenters. The lowest BCUT2D eigenvalue weighted by molar-refractivity contribution is -0.250. The molecule has 0 spiro atoms. The Bertz CT molecular complexity index is 1020. The molecule has 0 bridgehead atoms. The highest BCUT2D eigenvalue weighted by Gasteiger charge is 2.73. The molecule has 5 nitrogen and oxygen atoms in total. The van der Waals surface area contributed by atoms with Gasteiger partial charge in [0.2, 0.25) is 0 Å². The molecule has 5 rings (SSSR count). The molecule has 11 atom stereocenters. The predicted molar refractivity (Wildman–Crippen MR) is 147 cm³/mol. The maximum atomic E-state index is 14.6. The van der Waals surface area contributed by atoms with E-state index < -0.39 is 5.41 Å². The smallest absolute Gasteiger partial charge is 0.312 e. The second-order valence-corrected chi connectivity index (χ2v) is 15.6. The lowest BCUT2D eigenvalue weighted by atomic mass is 9.31. The summed E-state index contributed by atoms with van der Waals surface area (Å²) >= 11 is 0. The maximum Gasteiger partial charge on any atom is 0.312 e. The third-order valence-electron chi connectivity index (χ3n) is 14.2. The number of rotatable bonds is 2. The van der Waals surface area contributed by atoms with Crippen molar-refractivity contribution in [3.8, 4) is 0 Å². The van der Waals surface area contributed by atoms with E-state index in [9.17, 15) is 14.4 Å². The fourth-order valence-electron chi connectivity index (χ4n) is 11.9. The van der Waals surface area contributed by atoms with Gasteiger partial charge in [-0.1, -0.05) is 48.5 Å². The van der Waals surface area contributed by atoms with E-state index in [1.807, 2.05) is 0 Å². The van der Waals surface area contributed by atoms with E-state index in [-0.39, 0.29) is 51.5 Å². The van der Waals surface area contributed by atoms with Gasteiger partial charge in [-0.25, -0.2) is 0 Å². The number of carbonyl (C=O) groups excluding carboxylic acids is 3. The summed E-state index contributed by atoms with van der Waals surface area (Å²) in [4.78, 5) is 40.0. The van der Waals surface area contributed by atoms with Crippen LogP contribution in [0.1, 0.15) is 113 Å². The van der Waals surface area contributed by atoms with Crippen LogP contribution in [0, 0.1) is 62.6 Å². The van der Waals surface area contributed by atoms with Crippen LogP contribution in [0.3, 0.4) is 0 Å². The molecule has 5 saturated carbocycles. The quantitative estimate of drug-likeness (QED) is 0.361. The van der Waals surface area contributed by atoms with Crippen molar-refractivity contribution >= 4 is 17.7 Å². The van der Waals surface area contributed by atoms with Gasteiger partial charge < -0.3 is 9.47 Å². The van der Waals surface area contributed by atoms with Gasteiger partial charge in [-0.15, -0.1) is 0 Å². The first-order valence-corrected chi connectivity index (χ1v) is 15.4. The second kappa shape index (κ2) is 8.80. The molecule has 0 aromatic heterocycles. The number of ketones is 1. The zero-order valence-electron chi connectivity index (χ0n) is 25.4. The van der Waals surface area contributed by atoms with Crippen molar-refractivity contribution in [3.63, 3.8) is 0 Å². The Balaban J connectivity index is 1.56. The summed E-state index contributed by atoms with van der Waals surface area (Å²) in [5.41, 5.74) is -0.718. The van der Waals surface area contributed by atoms with Gasteiger partial charge in [0.1, 0.15) is 11.9 Å². The standard InChI is InChI=1S/C33H52O5/c1-19-10-15-33(28(36)37-9)17-16-32(8)27(26(33)20(19)2)22(35)18-24-30(6)13-12-25(38-21(3)34)29(4,5)23(30)11-14-31(24,32)7/h19-20,23-27H,10-18H2,1-9H3/t19-,20-,23+,24+,25+,26+,27-,30+,31+,32-,33-/m1/s1. The number of ether oxygens (including phenoxy) is 2. The summed E-state index contributed by atoms with van der Waals surface area (Å²) in [7, 11) is 1.53. The van der Waals surface area contributed by atoms with Crippen molar-refractivity contribution in [1.82, 2.24) is 0 Å². The summed E-state index contributed by atoms with van der Waals surface area (Å²) < 4.78 is 11.3. The molecule has 38 heavy (non-hydrogen) atoms. The van der Waals surface area contributed by atoms with Gasteiger partial charge in [0.15, 0.2) is 0 Å². The Labute approximate surface area is 230 Å². The molecule has 0 aliphatic heterocycles. The minimum absolute atomic E-state index is 0.0269. The van der Waals surface area contributed by atoms with Crippen molar-refractivity contribution in [2.75, 3.05) is 7.11 Å². The van der Waals surface area contributed by atoms with E-state index in [2.05, 4.69) is 48.5 Å². The number of methoxy groups -OCH3 is 1. The first-order valence-electron chi connectivity index (χ1n) is 15.4. The van der Waals surface area contributed by atoms with E-state index in [4.69, 9.17) is 9.47 Å². The number of hydrogen-bond donors (Lipinski definition) is 0. The van der Waals surface area contributed by atoms with E-state index in [1.54, 1.807) is 0 Å². The van der Waals surface area contributed by atoms with Crippen LogP contribution < -0.4 is 0 Å². The van der Waals surface area contributed by atoms with Gasteiger partial charge in [-0.05, 0) is 97.2 Å². The van der Waals surface area contributed by atoms with E-state index in [0.717, 1.165) is 51.4 Å². The fraction of sp³-hybridized carbons (Fsp3) is 0.909. The molecule has 0 aromatic rings. The lowest BCUT2D eigenvalue weighted by Crippen LogP contribution is -2.70. The van der Waals surface area contributed by atoms with Gasteiger partial charge in [0.25, 0.3) is 0 Å². The topological polar surface area (TPSA) is 69.7 Å². The molecule has 5 fully saturated rings. The second-order valence-electron chi connectivity index (χ2n) is 15.6. The van der Waals surface area contributed by atoms with Gasteiger partial charge in [0, 0.05) is 24.7 Å². The third-order valence-corrected chi connectivity index (χ3v) is 14.2. The molecule has 214 valence electrons. The van der Waals surface area contributed by atoms with Crippen molar-refractivity contribution in [3.05, 3.63) is 0 Å². The van der Waals surface area contributed by atoms with Crippen molar-refractivity contribution in [1.29, 1.82) is 0 Å². The molecule has 0 saturated heterocycles. The lowest BCUT2D eigenvalue weighted by Gasteiger charge is -2.73. The maximum absolute atomic E-state index is 14.6. The third kappa shape index (κ3) is 3.44. The summed E-state index contributed by atoms with van der Waals surface area (Å²) in [5, 5.41) is 0. The minimum Gasteiger partial charge on any atom is -0.469 e. The Kier molecular flexibility index (Phi) is 6.52. The highest BCUT2D eigenvalue weighted by Crippen LogP contribution is 2.76. The molecular weight excluding hydrogens is 476 g/mol. The minimum atomic E-state index is -0.519. The number of fused-ring (bicyclic) bond motifs is 7. The first kappa shape index (κ1) is 28.1. The number of carbonyl (C=O) groups is 3. The van der Waals surface area contributed by atoms with Crippen LogP contribution in [-0.2, 0) is 23.9 Å². The highest BCUT2D eigenvalue weighted by molar-refractivity contribution is 5.87. The zero-order chi connectivity index (χ0) is 28.1.